The summed E-state index contributed by atoms with van der Waals surface area (Å²) < 4.78 is 0. The van der Waals surface area contributed by atoms with Crippen molar-refractivity contribution in [2.45, 2.75) is 0 Å². The maximum atomic E-state index is 11.0. The fraction of sp³-hybridized carbons (Fsp3) is 0. The highest BCUT2D eigenvalue weighted by Gasteiger charge is 2.12. The molecule has 3 aromatic rings. The Morgan fingerprint density at radius 3 is 1.82 bits per heavy atom. The molecule has 136 valence electrons. The normalized spacial score (nSPS) is 10.8. The van der Waals surface area contributed by atoms with Crippen molar-refractivity contribution < 1.29 is 9.90 Å². The number of benzene rings is 3. The van der Waals surface area contributed by atoms with E-state index in [0.29, 0.717) is 5.56 Å². The standard InChI is InChI=1S/C24H18N2O2/c1-2-18-8-12-22(13-9-18)26(21-6-4-3-5-7-21)23-14-10-19(11-15-23)16-20(17-25)24(27)28/h2-16H,1H2,(H,27,28). The number of para-hydroxylation sites is 1. The summed E-state index contributed by atoms with van der Waals surface area (Å²) in [4.78, 5) is 13.1. The molecule has 0 saturated carbocycles. The van der Waals surface area contributed by atoms with Gasteiger partial charge < -0.3 is 10.0 Å². The molecule has 0 fully saturated rings. The van der Waals surface area contributed by atoms with Crippen molar-refractivity contribution in [2.75, 3.05) is 4.90 Å². The van der Waals surface area contributed by atoms with Crippen LogP contribution in [0.25, 0.3) is 12.2 Å². The van der Waals surface area contributed by atoms with E-state index in [9.17, 15) is 4.79 Å². The van der Waals surface area contributed by atoms with Crippen LogP contribution < -0.4 is 4.90 Å². The molecule has 0 saturated heterocycles. The average molecular weight is 366 g/mol. The lowest BCUT2D eigenvalue weighted by atomic mass is 10.1. The number of hydrogen-bond acceptors (Lipinski definition) is 3. The fourth-order valence-corrected chi connectivity index (χ4v) is 2.81. The molecule has 3 rings (SSSR count). The Labute approximate surface area is 163 Å². The fourth-order valence-electron chi connectivity index (χ4n) is 2.81. The number of hydrogen-bond donors (Lipinski definition) is 1. The number of aliphatic carboxylic acids is 1. The summed E-state index contributed by atoms with van der Waals surface area (Å²) in [6.07, 6.45) is 3.16. The highest BCUT2D eigenvalue weighted by Crippen LogP contribution is 2.34. The van der Waals surface area contributed by atoms with Crippen LogP contribution in [0.3, 0.4) is 0 Å². The van der Waals surface area contributed by atoms with Crippen LogP contribution >= 0.6 is 0 Å². The van der Waals surface area contributed by atoms with E-state index in [-0.39, 0.29) is 5.57 Å². The molecular weight excluding hydrogens is 348 g/mol. The second kappa shape index (κ2) is 8.52. The Morgan fingerprint density at radius 2 is 1.36 bits per heavy atom. The second-order valence-electron chi connectivity index (χ2n) is 6.03. The monoisotopic (exact) mass is 366 g/mol. The van der Waals surface area contributed by atoms with Crippen molar-refractivity contribution in [3.05, 3.63) is 102 Å². The molecule has 0 radical (unpaired) electrons. The number of carbonyl (C=O) groups is 1. The number of nitriles is 1. The van der Waals surface area contributed by atoms with E-state index in [4.69, 9.17) is 10.4 Å². The Hall–Kier alpha value is -4.10. The van der Waals surface area contributed by atoms with Gasteiger partial charge in [0.15, 0.2) is 0 Å². The van der Waals surface area contributed by atoms with E-state index in [1.165, 1.54) is 6.08 Å². The summed E-state index contributed by atoms with van der Waals surface area (Å²) in [7, 11) is 0. The molecule has 1 N–H and O–H groups in total. The lowest BCUT2D eigenvalue weighted by Crippen LogP contribution is -2.09. The van der Waals surface area contributed by atoms with Gasteiger partial charge in [-0.15, -0.1) is 0 Å². The molecule has 4 nitrogen and oxygen atoms in total. The van der Waals surface area contributed by atoms with Gasteiger partial charge in [-0.25, -0.2) is 4.79 Å². The van der Waals surface area contributed by atoms with E-state index < -0.39 is 5.97 Å². The van der Waals surface area contributed by atoms with Gasteiger partial charge in [0.1, 0.15) is 11.6 Å². The second-order valence-corrected chi connectivity index (χ2v) is 6.03. The van der Waals surface area contributed by atoms with Crippen LogP contribution in [-0.2, 0) is 4.79 Å². The van der Waals surface area contributed by atoms with Crippen LogP contribution in [0.5, 0.6) is 0 Å². The molecule has 3 aromatic carbocycles. The predicted octanol–water partition coefficient (Wildman–Crippen LogP) is 5.79. The molecular formula is C24H18N2O2. The summed E-state index contributed by atoms with van der Waals surface area (Å²) in [5, 5.41) is 17.9. The number of carboxylic acid groups (broad SMARTS) is 1. The van der Waals surface area contributed by atoms with Gasteiger partial charge in [-0.2, -0.15) is 5.26 Å². The zero-order valence-electron chi connectivity index (χ0n) is 15.1. The van der Waals surface area contributed by atoms with E-state index in [2.05, 4.69) is 11.5 Å². The molecule has 28 heavy (non-hydrogen) atoms. The Morgan fingerprint density at radius 1 is 0.857 bits per heavy atom. The highest BCUT2D eigenvalue weighted by atomic mass is 16.4. The first-order valence-corrected chi connectivity index (χ1v) is 8.65. The lowest BCUT2D eigenvalue weighted by Gasteiger charge is -2.25. The van der Waals surface area contributed by atoms with Crippen LogP contribution in [0.15, 0.2) is 91.0 Å². The Bertz CT molecular complexity index is 1040. The number of rotatable bonds is 6. The quantitative estimate of drug-likeness (QED) is 0.443. The minimum atomic E-state index is -1.24. The Balaban J connectivity index is 2.02. The molecule has 0 bridgehead atoms. The van der Waals surface area contributed by atoms with E-state index >= 15 is 0 Å². The van der Waals surface area contributed by atoms with Crippen LogP contribution in [0.2, 0.25) is 0 Å². The maximum absolute atomic E-state index is 11.0. The van der Waals surface area contributed by atoms with Crippen LogP contribution in [0, 0.1) is 11.3 Å². The zero-order chi connectivity index (χ0) is 19.9. The topological polar surface area (TPSA) is 64.3 Å². The molecule has 0 aliphatic heterocycles. The highest BCUT2D eigenvalue weighted by molar-refractivity contribution is 5.96. The summed E-state index contributed by atoms with van der Waals surface area (Å²) >= 11 is 0. The number of anilines is 3. The first kappa shape index (κ1) is 18.7. The molecule has 0 unspecified atom stereocenters. The molecule has 0 aromatic heterocycles. The molecule has 0 aliphatic rings. The number of nitrogens with zero attached hydrogens (tertiary/aromatic N) is 2. The van der Waals surface area contributed by atoms with E-state index in [1.807, 2.05) is 66.7 Å². The van der Waals surface area contributed by atoms with Crippen LogP contribution in [0.1, 0.15) is 11.1 Å². The van der Waals surface area contributed by atoms with Crippen molar-refractivity contribution in [2.24, 2.45) is 0 Å². The van der Waals surface area contributed by atoms with Crippen molar-refractivity contribution in [3.8, 4) is 6.07 Å². The van der Waals surface area contributed by atoms with Crippen molar-refractivity contribution >= 4 is 35.2 Å². The zero-order valence-corrected chi connectivity index (χ0v) is 15.1. The van der Waals surface area contributed by atoms with Gasteiger partial charge >= 0.3 is 5.97 Å². The molecule has 4 heteroatoms. The van der Waals surface area contributed by atoms with Crippen molar-refractivity contribution in [3.63, 3.8) is 0 Å². The molecule has 0 aliphatic carbocycles. The smallest absolute Gasteiger partial charge is 0.346 e. The lowest BCUT2D eigenvalue weighted by molar-refractivity contribution is -0.132. The van der Waals surface area contributed by atoms with Crippen molar-refractivity contribution in [1.82, 2.24) is 0 Å². The molecule has 0 amide bonds. The minimum absolute atomic E-state index is 0.298. The van der Waals surface area contributed by atoms with Crippen molar-refractivity contribution in [1.29, 1.82) is 5.26 Å². The third-order valence-corrected chi connectivity index (χ3v) is 4.21. The molecule has 0 heterocycles. The number of carboxylic acids is 1. The van der Waals surface area contributed by atoms with Gasteiger partial charge in [0.05, 0.1) is 0 Å². The van der Waals surface area contributed by atoms with Gasteiger partial charge in [-0.1, -0.05) is 55.1 Å². The summed E-state index contributed by atoms with van der Waals surface area (Å²) in [6, 6.07) is 27.1. The predicted molar refractivity (Wildman–Crippen MR) is 112 cm³/mol. The summed E-state index contributed by atoms with van der Waals surface area (Å²) in [5.41, 5.74) is 4.30. The third-order valence-electron chi connectivity index (χ3n) is 4.21. The first-order chi connectivity index (χ1) is 13.6. The van der Waals surface area contributed by atoms with Gasteiger partial charge in [-0.3, -0.25) is 0 Å². The Kier molecular flexibility index (Phi) is 5.69. The van der Waals surface area contributed by atoms with Gasteiger partial charge in [-0.05, 0) is 53.6 Å². The summed E-state index contributed by atoms with van der Waals surface area (Å²) in [5.74, 6) is -1.24. The molecule has 0 spiro atoms. The van der Waals surface area contributed by atoms with E-state index in [1.54, 1.807) is 24.3 Å². The minimum Gasteiger partial charge on any atom is -0.477 e. The van der Waals surface area contributed by atoms with Gasteiger partial charge in [0, 0.05) is 17.1 Å². The molecule has 0 atom stereocenters. The van der Waals surface area contributed by atoms with Gasteiger partial charge in [0.2, 0.25) is 0 Å². The first-order valence-electron chi connectivity index (χ1n) is 8.65. The van der Waals surface area contributed by atoms with Gasteiger partial charge in [0.25, 0.3) is 0 Å². The third kappa shape index (κ3) is 4.17. The van der Waals surface area contributed by atoms with Crippen LogP contribution in [0.4, 0.5) is 17.1 Å². The van der Waals surface area contributed by atoms with Crippen LogP contribution in [-0.4, -0.2) is 11.1 Å². The maximum Gasteiger partial charge on any atom is 0.346 e. The SMILES string of the molecule is C=Cc1ccc(N(c2ccccc2)c2ccc(C=C(C#N)C(=O)O)cc2)cc1. The average Bonchev–Trinajstić information content (AvgIpc) is 2.74. The van der Waals surface area contributed by atoms with E-state index in [0.717, 1.165) is 22.6 Å². The summed E-state index contributed by atoms with van der Waals surface area (Å²) in [6.45, 7) is 3.79. The largest absolute Gasteiger partial charge is 0.477 e.